The van der Waals surface area contributed by atoms with E-state index in [4.69, 9.17) is 9.40 Å². The Morgan fingerprint density at radius 1 is 1.23 bits per heavy atom. The summed E-state index contributed by atoms with van der Waals surface area (Å²) in [5, 5.41) is 1.08. The number of furan rings is 1. The van der Waals surface area contributed by atoms with E-state index >= 15 is 0 Å². The van der Waals surface area contributed by atoms with E-state index in [1.807, 2.05) is 24.5 Å². The Kier molecular flexibility index (Phi) is 4.65. The number of carbonyl (C=O) groups excluding carboxylic acids is 1. The number of aromatic nitrogens is 4. The maximum absolute atomic E-state index is 11.8. The topological polar surface area (TPSA) is 80.0 Å². The van der Waals surface area contributed by atoms with Crippen molar-refractivity contribution in [2.45, 2.75) is 38.1 Å². The van der Waals surface area contributed by atoms with Gasteiger partial charge in [-0.05, 0) is 37.1 Å². The van der Waals surface area contributed by atoms with Gasteiger partial charge in [-0.1, -0.05) is 19.3 Å². The first kappa shape index (κ1) is 18.7. The molecule has 0 atom stereocenters. The third-order valence-corrected chi connectivity index (χ3v) is 5.85. The molecule has 1 amide bonds. The van der Waals surface area contributed by atoms with Gasteiger partial charge in [0.1, 0.15) is 16.9 Å². The molecular formula is C23H25N5O2. The van der Waals surface area contributed by atoms with Crippen LogP contribution in [0, 0.1) is 0 Å². The van der Waals surface area contributed by atoms with Crippen LogP contribution in [0.5, 0.6) is 0 Å². The van der Waals surface area contributed by atoms with Gasteiger partial charge in [-0.2, -0.15) is 0 Å². The molecule has 30 heavy (non-hydrogen) atoms. The number of hydrogen-bond acceptors (Lipinski definition) is 4. The smallest absolute Gasteiger partial charge is 0.246 e. The summed E-state index contributed by atoms with van der Waals surface area (Å²) < 4.78 is 8.44. The number of rotatable bonds is 4. The average molecular weight is 403 g/mol. The minimum Gasteiger partial charge on any atom is -0.453 e. The lowest BCUT2D eigenvalue weighted by molar-refractivity contribution is -0.123. The Morgan fingerprint density at radius 2 is 2.07 bits per heavy atom. The number of pyridine rings is 1. The number of nitrogens with zero attached hydrogens (tertiary/aromatic N) is 4. The molecule has 1 saturated carbocycles. The van der Waals surface area contributed by atoms with Crippen molar-refractivity contribution in [2.24, 2.45) is 0 Å². The molecule has 0 bridgehead atoms. The van der Waals surface area contributed by atoms with Crippen LogP contribution < -0.4 is 0 Å². The van der Waals surface area contributed by atoms with E-state index in [1.165, 1.54) is 30.2 Å². The van der Waals surface area contributed by atoms with Crippen LogP contribution in [0.2, 0.25) is 0 Å². The molecule has 154 valence electrons. The number of hydrogen-bond donors (Lipinski definition) is 1. The Labute approximate surface area is 174 Å². The van der Waals surface area contributed by atoms with Crippen LogP contribution in [0.15, 0.2) is 41.1 Å². The third-order valence-electron chi connectivity index (χ3n) is 5.85. The molecule has 1 aliphatic carbocycles. The van der Waals surface area contributed by atoms with Gasteiger partial charge in [0.15, 0.2) is 11.6 Å². The van der Waals surface area contributed by atoms with Gasteiger partial charge in [0.2, 0.25) is 5.91 Å². The zero-order valence-electron chi connectivity index (χ0n) is 17.3. The molecule has 7 heteroatoms. The number of fused-ring (bicyclic) bond motifs is 3. The van der Waals surface area contributed by atoms with E-state index in [0.29, 0.717) is 17.6 Å². The maximum Gasteiger partial charge on any atom is 0.246 e. The maximum atomic E-state index is 11.8. The van der Waals surface area contributed by atoms with E-state index in [2.05, 4.69) is 20.6 Å². The standard InChI is InChI=1S/C23H25N5O2/c1-27(2)20(29)11-9-16-8-10-19(30-16)23-26-18-14-25-22-17(12-13-24-22)21(18)28(23)15-6-4-3-5-7-15/h8-15H,3-7H2,1-2H3,(H,24,25)/b11-9+. The SMILES string of the molecule is CN(C)C(=O)/C=C/c1ccc(-c2nc3cnc4[nH]ccc4c3n2C2CCCCC2)o1. The number of H-pyrrole nitrogens is 1. The Balaban J connectivity index is 1.63. The lowest BCUT2D eigenvalue weighted by Crippen LogP contribution is -2.18. The first-order valence-corrected chi connectivity index (χ1v) is 10.5. The highest BCUT2D eigenvalue weighted by atomic mass is 16.3. The van der Waals surface area contributed by atoms with Crippen molar-refractivity contribution >= 4 is 34.1 Å². The first-order chi connectivity index (χ1) is 14.6. The molecule has 1 fully saturated rings. The Morgan fingerprint density at radius 3 is 2.87 bits per heavy atom. The van der Waals surface area contributed by atoms with Crippen LogP contribution in [0.4, 0.5) is 0 Å². The highest BCUT2D eigenvalue weighted by Gasteiger charge is 2.25. The van der Waals surface area contributed by atoms with Crippen molar-refractivity contribution < 1.29 is 9.21 Å². The molecule has 1 N–H and O–H groups in total. The molecular weight excluding hydrogens is 378 g/mol. The summed E-state index contributed by atoms with van der Waals surface area (Å²) >= 11 is 0. The molecule has 4 aromatic heterocycles. The van der Waals surface area contributed by atoms with Crippen molar-refractivity contribution in [3.8, 4) is 11.6 Å². The second-order valence-electron chi connectivity index (χ2n) is 8.10. The van der Waals surface area contributed by atoms with Crippen LogP contribution in [0.1, 0.15) is 43.9 Å². The first-order valence-electron chi connectivity index (χ1n) is 10.5. The summed E-state index contributed by atoms with van der Waals surface area (Å²) in [6, 6.07) is 6.27. The number of likely N-dealkylation sites (N-methyl/N-ethyl adjacent to an activating group) is 1. The van der Waals surface area contributed by atoms with Crippen molar-refractivity contribution in [1.29, 1.82) is 0 Å². The predicted octanol–water partition coefficient (Wildman–Crippen LogP) is 4.78. The van der Waals surface area contributed by atoms with Crippen LogP contribution in [0.25, 0.3) is 39.7 Å². The monoisotopic (exact) mass is 403 g/mol. The van der Waals surface area contributed by atoms with E-state index in [-0.39, 0.29) is 5.91 Å². The van der Waals surface area contributed by atoms with E-state index in [9.17, 15) is 4.79 Å². The number of carbonyl (C=O) groups is 1. The van der Waals surface area contributed by atoms with E-state index < -0.39 is 0 Å². The fraction of sp³-hybridized carbons (Fsp3) is 0.348. The van der Waals surface area contributed by atoms with Gasteiger partial charge in [-0.25, -0.2) is 9.97 Å². The highest BCUT2D eigenvalue weighted by molar-refractivity contribution is 6.02. The molecule has 0 spiro atoms. The quantitative estimate of drug-likeness (QED) is 0.497. The van der Waals surface area contributed by atoms with Crippen molar-refractivity contribution in [3.63, 3.8) is 0 Å². The summed E-state index contributed by atoms with van der Waals surface area (Å²) in [7, 11) is 3.45. The molecule has 4 heterocycles. The van der Waals surface area contributed by atoms with E-state index in [1.54, 1.807) is 20.2 Å². The minimum atomic E-state index is -0.0803. The fourth-order valence-electron chi connectivity index (χ4n) is 4.33. The summed E-state index contributed by atoms with van der Waals surface area (Å²) in [5.41, 5.74) is 2.86. The van der Waals surface area contributed by atoms with Gasteiger partial charge in [0.05, 0.1) is 11.7 Å². The van der Waals surface area contributed by atoms with Crippen LogP contribution >= 0.6 is 0 Å². The molecule has 0 aliphatic heterocycles. The van der Waals surface area contributed by atoms with Crippen LogP contribution in [-0.2, 0) is 4.79 Å². The van der Waals surface area contributed by atoms with Crippen molar-refractivity contribution in [1.82, 2.24) is 24.4 Å². The fourth-order valence-corrected chi connectivity index (χ4v) is 4.33. The minimum absolute atomic E-state index is 0.0803. The summed E-state index contributed by atoms with van der Waals surface area (Å²) in [4.78, 5) is 26.0. The number of nitrogens with one attached hydrogen (secondary N) is 1. The summed E-state index contributed by atoms with van der Waals surface area (Å²) in [6.07, 6.45) is 13.0. The largest absolute Gasteiger partial charge is 0.453 e. The zero-order valence-corrected chi connectivity index (χ0v) is 17.3. The van der Waals surface area contributed by atoms with Gasteiger partial charge in [-0.15, -0.1) is 0 Å². The van der Waals surface area contributed by atoms with Crippen LogP contribution in [0.3, 0.4) is 0 Å². The highest BCUT2D eigenvalue weighted by Crippen LogP contribution is 2.38. The Bertz CT molecular complexity index is 1240. The van der Waals surface area contributed by atoms with Gasteiger partial charge in [0, 0.05) is 37.8 Å². The molecule has 0 unspecified atom stereocenters. The number of amides is 1. The third kappa shape index (κ3) is 3.20. The normalized spacial score (nSPS) is 15.5. The lowest BCUT2D eigenvalue weighted by atomic mass is 9.95. The zero-order chi connectivity index (χ0) is 20.7. The van der Waals surface area contributed by atoms with Gasteiger partial charge in [0.25, 0.3) is 0 Å². The summed E-state index contributed by atoms with van der Waals surface area (Å²) in [5.74, 6) is 2.08. The number of imidazole rings is 1. The van der Waals surface area contributed by atoms with Crippen molar-refractivity contribution in [3.05, 3.63) is 42.4 Å². The molecule has 0 saturated heterocycles. The predicted molar refractivity (Wildman–Crippen MR) is 117 cm³/mol. The molecule has 1 aliphatic rings. The second kappa shape index (κ2) is 7.48. The van der Waals surface area contributed by atoms with E-state index in [0.717, 1.165) is 40.7 Å². The lowest BCUT2D eigenvalue weighted by Gasteiger charge is -2.25. The van der Waals surface area contributed by atoms with Crippen LogP contribution in [-0.4, -0.2) is 44.4 Å². The second-order valence-corrected chi connectivity index (χ2v) is 8.10. The summed E-state index contributed by atoms with van der Waals surface area (Å²) in [6.45, 7) is 0. The van der Waals surface area contributed by atoms with Gasteiger partial charge in [-0.3, -0.25) is 4.79 Å². The molecule has 5 rings (SSSR count). The average Bonchev–Trinajstić information content (AvgIpc) is 3.49. The molecule has 7 nitrogen and oxygen atoms in total. The molecule has 4 aromatic rings. The van der Waals surface area contributed by atoms with Gasteiger partial charge < -0.3 is 18.9 Å². The molecule has 0 aromatic carbocycles. The van der Waals surface area contributed by atoms with Crippen molar-refractivity contribution in [2.75, 3.05) is 14.1 Å². The molecule has 0 radical (unpaired) electrons. The van der Waals surface area contributed by atoms with Gasteiger partial charge >= 0.3 is 0 Å². The Hall–Kier alpha value is -3.35. The number of aromatic amines is 1.